The first kappa shape index (κ1) is 13.6. The molecule has 0 aliphatic rings. The second kappa shape index (κ2) is 5.43. The molecule has 0 fully saturated rings. The monoisotopic (exact) mass is 278 g/mol. The maximum atomic E-state index is 13.4. The lowest BCUT2D eigenvalue weighted by atomic mass is 10.2. The molecular weight excluding hydrogens is 270 g/mol. The van der Waals surface area contributed by atoms with E-state index in [9.17, 15) is 23.7 Å². The normalized spacial score (nSPS) is 10.1. The van der Waals surface area contributed by atoms with Crippen molar-refractivity contribution in [3.63, 3.8) is 0 Å². The van der Waals surface area contributed by atoms with Crippen LogP contribution in [0.2, 0.25) is 0 Å². The van der Waals surface area contributed by atoms with Crippen LogP contribution in [0.4, 0.5) is 20.2 Å². The molecule has 0 radical (unpaired) electrons. The van der Waals surface area contributed by atoms with E-state index in [0.717, 1.165) is 12.1 Å². The van der Waals surface area contributed by atoms with Crippen molar-refractivity contribution in [2.75, 3.05) is 5.32 Å². The summed E-state index contributed by atoms with van der Waals surface area (Å²) in [5.41, 5.74) is -0.952. The molecule has 2 rings (SSSR count). The fourth-order valence-electron chi connectivity index (χ4n) is 1.61. The van der Waals surface area contributed by atoms with Crippen molar-refractivity contribution in [3.05, 3.63) is 69.8 Å². The predicted molar refractivity (Wildman–Crippen MR) is 67.4 cm³/mol. The number of carbonyl (C=O) groups is 1. The smallest absolute Gasteiger partial charge is 0.292 e. The number of nitro groups is 1. The van der Waals surface area contributed by atoms with Crippen LogP contribution in [0.1, 0.15) is 10.4 Å². The summed E-state index contributed by atoms with van der Waals surface area (Å²) in [5.74, 6) is -3.43. The molecule has 20 heavy (non-hydrogen) atoms. The van der Waals surface area contributed by atoms with Gasteiger partial charge in [-0.2, -0.15) is 0 Å². The van der Waals surface area contributed by atoms with Gasteiger partial charge >= 0.3 is 0 Å². The summed E-state index contributed by atoms with van der Waals surface area (Å²) in [6.07, 6.45) is 0. The summed E-state index contributed by atoms with van der Waals surface area (Å²) in [4.78, 5) is 21.9. The number of benzene rings is 2. The summed E-state index contributed by atoms with van der Waals surface area (Å²) in [6, 6.07) is 8.53. The second-order valence-corrected chi connectivity index (χ2v) is 3.83. The zero-order valence-corrected chi connectivity index (χ0v) is 9.97. The number of hydrogen-bond donors (Lipinski definition) is 1. The Morgan fingerprint density at radius 2 is 1.80 bits per heavy atom. The van der Waals surface area contributed by atoms with Gasteiger partial charge in [-0.3, -0.25) is 14.9 Å². The van der Waals surface area contributed by atoms with Crippen LogP contribution in [0.5, 0.6) is 0 Å². The molecule has 0 bridgehead atoms. The Hall–Kier alpha value is -2.83. The van der Waals surface area contributed by atoms with Crippen molar-refractivity contribution < 1.29 is 18.5 Å². The van der Waals surface area contributed by atoms with Gasteiger partial charge in [0.1, 0.15) is 5.69 Å². The minimum absolute atomic E-state index is 0.0915. The third-order valence-electron chi connectivity index (χ3n) is 2.55. The van der Waals surface area contributed by atoms with Crippen molar-refractivity contribution in [1.29, 1.82) is 0 Å². The summed E-state index contributed by atoms with van der Waals surface area (Å²) in [6.45, 7) is 0. The number of halogens is 2. The minimum Gasteiger partial charge on any atom is -0.316 e. The zero-order valence-electron chi connectivity index (χ0n) is 9.97. The van der Waals surface area contributed by atoms with E-state index in [1.807, 2.05) is 0 Å². The van der Waals surface area contributed by atoms with E-state index in [-0.39, 0.29) is 11.4 Å². The molecule has 0 unspecified atom stereocenters. The van der Waals surface area contributed by atoms with Crippen molar-refractivity contribution >= 4 is 17.3 Å². The van der Waals surface area contributed by atoms with Crippen LogP contribution in [0.3, 0.4) is 0 Å². The molecule has 0 saturated carbocycles. The zero-order chi connectivity index (χ0) is 14.7. The number of hydrogen-bond acceptors (Lipinski definition) is 3. The number of nitrogens with zero attached hydrogens (tertiary/aromatic N) is 1. The number of nitrogens with one attached hydrogen (secondary N) is 1. The summed E-state index contributed by atoms with van der Waals surface area (Å²) >= 11 is 0. The van der Waals surface area contributed by atoms with Gasteiger partial charge in [0.25, 0.3) is 11.6 Å². The number of para-hydroxylation sites is 2. The minimum atomic E-state index is -1.30. The highest BCUT2D eigenvalue weighted by atomic mass is 19.2. The van der Waals surface area contributed by atoms with Gasteiger partial charge < -0.3 is 5.32 Å². The highest BCUT2D eigenvalue weighted by Gasteiger charge is 2.19. The van der Waals surface area contributed by atoms with Crippen LogP contribution in [-0.2, 0) is 0 Å². The fourth-order valence-corrected chi connectivity index (χ4v) is 1.61. The molecule has 0 aliphatic carbocycles. The molecule has 0 atom stereocenters. The average Bonchev–Trinajstić information content (AvgIpc) is 2.42. The quantitative estimate of drug-likeness (QED) is 0.692. The van der Waals surface area contributed by atoms with E-state index in [1.54, 1.807) is 0 Å². The van der Waals surface area contributed by atoms with E-state index in [0.29, 0.717) is 0 Å². The molecule has 7 heteroatoms. The van der Waals surface area contributed by atoms with E-state index < -0.39 is 28.0 Å². The molecule has 5 nitrogen and oxygen atoms in total. The summed E-state index contributed by atoms with van der Waals surface area (Å²) < 4.78 is 26.5. The maximum Gasteiger partial charge on any atom is 0.292 e. The Labute approximate surface area is 112 Å². The van der Waals surface area contributed by atoms with Crippen LogP contribution in [0.25, 0.3) is 0 Å². The van der Waals surface area contributed by atoms with Gasteiger partial charge in [-0.25, -0.2) is 8.78 Å². The molecule has 0 aliphatic heterocycles. The standard InChI is InChI=1S/C13H8F2N2O3/c14-9-5-3-4-8(12(9)15)13(18)16-10-6-1-2-7-11(10)17(19)20/h1-7H,(H,16,18). The number of anilines is 1. The summed E-state index contributed by atoms with van der Waals surface area (Å²) in [7, 11) is 0. The highest BCUT2D eigenvalue weighted by molar-refractivity contribution is 6.05. The van der Waals surface area contributed by atoms with Gasteiger partial charge in [0.15, 0.2) is 11.6 Å². The molecule has 0 aromatic heterocycles. The lowest BCUT2D eigenvalue weighted by molar-refractivity contribution is -0.383. The fraction of sp³-hybridized carbons (Fsp3) is 0. The maximum absolute atomic E-state index is 13.4. The highest BCUT2D eigenvalue weighted by Crippen LogP contribution is 2.24. The molecule has 1 N–H and O–H groups in total. The molecular formula is C13H8F2N2O3. The van der Waals surface area contributed by atoms with Crippen LogP contribution >= 0.6 is 0 Å². The molecule has 0 heterocycles. The predicted octanol–water partition coefficient (Wildman–Crippen LogP) is 3.13. The number of amides is 1. The van der Waals surface area contributed by atoms with Crippen LogP contribution in [0, 0.1) is 21.7 Å². The Bertz CT molecular complexity index is 689. The first-order chi connectivity index (χ1) is 9.50. The number of rotatable bonds is 3. The van der Waals surface area contributed by atoms with Crippen LogP contribution < -0.4 is 5.32 Å². The lowest BCUT2D eigenvalue weighted by Gasteiger charge is -2.06. The van der Waals surface area contributed by atoms with Gasteiger partial charge in [0.05, 0.1) is 10.5 Å². The molecule has 0 saturated heterocycles. The summed E-state index contributed by atoms with van der Waals surface area (Å²) in [5, 5.41) is 13.0. The van der Waals surface area contributed by atoms with E-state index >= 15 is 0 Å². The molecule has 0 spiro atoms. The Morgan fingerprint density at radius 1 is 1.10 bits per heavy atom. The topological polar surface area (TPSA) is 72.2 Å². The largest absolute Gasteiger partial charge is 0.316 e. The first-order valence-corrected chi connectivity index (χ1v) is 5.49. The number of nitro benzene ring substituents is 1. The molecule has 2 aromatic carbocycles. The lowest BCUT2D eigenvalue weighted by Crippen LogP contribution is -2.15. The van der Waals surface area contributed by atoms with E-state index in [4.69, 9.17) is 0 Å². The van der Waals surface area contributed by atoms with Crippen molar-refractivity contribution in [3.8, 4) is 0 Å². The van der Waals surface area contributed by atoms with Gasteiger partial charge in [0.2, 0.25) is 0 Å². The Morgan fingerprint density at radius 3 is 2.50 bits per heavy atom. The van der Waals surface area contributed by atoms with Crippen molar-refractivity contribution in [2.45, 2.75) is 0 Å². The van der Waals surface area contributed by atoms with Gasteiger partial charge in [0, 0.05) is 6.07 Å². The average molecular weight is 278 g/mol. The number of carbonyl (C=O) groups excluding carboxylic acids is 1. The molecule has 2 aromatic rings. The van der Waals surface area contributed by atoms with Gasteiger partial charge in [-0.05, 0) is 18.2 Å². The Kier molecular flexibility index (Phi) is 3.69. The second-order valence-electron chi connectivity index (χ2n) is 3.83. The molecule has 102 valence electrons. The van der Waals surface area contributed by atoms with Crippen LogP contribution in [0.15, 0.2) is 42.5 Å². The first-order valence-electron chi connectivity index (χ1n) is 5.49. The van der Waals surface area contributed by atoms with E-state index in [2.05, 4.69) is 5.32 Å². The SMILES string of the molecule is O=C(Nc1ccccc1[N+](=O)[O-])c1cccc(F)c1F. The van der Waals surface area contributed by atoms with Gasteiger partial charge in [-0.15, -0.1) is 0 Å². The molecule has 1 amide bonds. The third-order valence-corrected chi connectivity index (χ3v) is 2.55. The third kappa shape index (κ3) is 2.61. The van der Waals surface area contributed by atoms with Crippen LogP contribution in [-0.4, -0.2) is 10.8 Å². The van der Waals surface area contributed by atoms with Gasteiger partial charge in [-0.1, -0.05) is 18.2 Å². The van der Waals surface area contributed by atoms with Crippen molar-refractivity contribution in [2.24, 2.45) is 0 Å². The van der Waals surface area contributed by atoms with Crippen molar-refractivity contribution in [1.82, 2.24) is 0 Å². The Balaban J connectivity index is 2.33. The van der Waals surface area contributed by atoms with E-state index in [1.165, 1.54) is 30.3 Å².